The van der Waals surface area contributed by atoms with Gasteiger partial charge in [0.25, 0.3) is 5.82 Å². The highest BCUT2D eigenvalue weighted by atomic mass is 15.1. The fraction of sp³-hybridized carbons (Fsp3) is 0.500. The first-order chi connectivity index (χ1) is 9.83. The molecular formula is C18H27N2+. The maximum absolute atomic E-state index is 2.31. The smallest absolute Gasteiger partial charge is 0.237 e. The maximum Gasteiger partial charge on any atom is 0.261 e. The minimum atomic E-state index is 1.16. The predicted molar refractivity (Wildman–Crippen MR) is 84.0 cm³/mol. The van der Waals surface area contributed by atoms with Gasteiger partial charge in [-0.1, -0.05) is 57.2 Å². The quantitative estimate of drug-likeness (QED) is 0.502. The number of benzene rings is 1. The van der Waals surface area contributed by atoms with Crippen LogP contribution in [0.1, 0.15) is 51.3 Å². The summed E-state index contributed by atoms with van der Waals surface area (Å²) in [5.74, 6) is 1.40. The average Bonchev–Trinajstić information content (AvgIpc) is 2.85. The van der Waals surface area contributed by atoms with Crippen molar-refractivity contribution in [3.8, 4) is 5.69 Å². The molecule has 108 valence electrons. The van der Waals surface area contributed by atoms with Crippen LogP contribution in [0.3, 0.4) is 0 Å². The lowest BCUT2D eigenvalue weighted by Crippen LogP contribution is -2.31. The molecule has 0 N–H and O–H groups in total. The van der Waals surface area contributed by atoms with Crippen LogP contribution in [0, 0.1) is 0 Å². The molecule has 1 aromatic heterocycles. The third kappa shape index (κ3) is 3.96. The Balaban J connectivity index is 1.93. The Morgan fingerprint density at radius 3 is 2.40 bits per heavy atom. The minimum absolute atomic E-state index is 1.16. The summed E-state index contributed by atoms with van der Waals surface area (Å²) in [7, 11) is 2.14. The van der Waals surface area contributed by atoms with Gasteiger partial charge in [0.15, 0.2) is 0 Å². The predicted octanol–water partition coefficient (Wildman–Crippen LogP) is 4.20. The van der Waals surface area contributed by atoms with Crippen LogP contribution < -0.4 is 4.57 Å². The fourth-order valence-corrected chi connectivity index (χ4v) is 2.69. The molecule has 0 atom stereocenters. The molecule has 0 saturated heterocycles. The Bertz CT molecular complexity index is 499. The first kappa shape index (κ1) is 14.8. The van der Waals surface area contributed by atoms with E-state index in [-0.39, 0.29) is 0 Å². The molecule has 1 heterocycles. The van der Waals surface area contributed by atoms with Gasteiger partial charge in [-0.3, -0.25) is 0 Å². The van der Waals surface area contributed by atoms with E-state index in [1.165, 1.54) is 50.0 Å². The summed E-state index contributed by atoms with van der Waals surface area (Å²) in [4.78, 5) is 0. The second kappa shape index (κ2) is 7.88. The van der Waals surface area contributed by atoms with Gasteiger partial charge in [-0.05, 0) is 18.6 Å². The summed E-state index contributed by atoms with van der Waals surface area (Å²) in [6, 6.07) is 10.6. The zero-order chi connectivity index (χ0) is 14.2. The summed E-state index contributed by atoms with van der Waals surface area (Å²) in [6.07, 6.45) is 13.6. The molecule has 20 heavy (non-hydrogen) atoms. The molecule has 0 aliphatic rings. The van der Waals surface area contributed by atoms with Crippen LogP contribution in [0.15, 0.2) is 42.7 Å². The van der Waals surface area contributed by atoms with E-state index in [0.717, 1.165) is 6.42 Å². The van der Waals surface area contributed by atoms with Crippen molar-refractivity contribution in [3.05, 3.63) is 48.5 Å². The number of hydrogen-bond donors (Lipinski definition) is 0. The lowest BCUT2D eigenvalue weighted by molar-refractivity contribution is -0.678. The molecule has 1 aromatic carbocycles. The van der Waals surface area contributed by atoms with Crippen LogP contribution in [0.4, 0.5) is 0 Å². The summed E-state index contributed by atoms with van der Waals surface area (Å²) in [6.45, 7) is 2.27. The molecule has 2 nitrogen and oxygen atoms in total. The summed E-state index contributed by atoms with van der Waals surface area (Å²) in [5, 5.41) is 0. The van der Waals surface area contributed by atoms with Crippen molar-refractivity contribution >= 4 is 0 Å². The van der Waals surface area contributed by atoms with Crippen molar-refractivity contribution in [2.24, 2.45) is 7.05 Å². The number of unbranched alkanes of at least 4 members (excludes halogenated alkanes) is 5. The van der Waals surface area contributed by atoms with E-state index in [2.05, 4.69) is 65.8 Å². The number of rotatable bonds is 8. The highest BCUT2D eigenvalue weighted by molar-refractivity contribution is 5.31. The number of hydrogen-bond acceptors (Lipinski definition) is 0. The van der Waals surface area contributed by atoms with Gasteiger partial charge in [0.2, 0.25) is 0 Å². The Morgan fingerprint density at radius 1 is 0.950 bits per heavy atom. The second-order valence-electron chi connectivity index (χ2n) is 5.55. The molecule has 0 amide bonds. The lowest BCUT2D eigenvalue weighted by atomic mass is 10.1. The number of aromatic nitrogens is 2. The zero-order valence-electron chi connectivity index (χ0n) is 12.9. The van der Waals surface area contributed by atoms with Crippen LogP contribution in [-0.4, -0.2) is 4.57 Å². The number of para-hydroxylation sites is 1. The number of imidazole rings is 1. The molecule has 2 aromatic rings. The summed E-state index contributed by atoms with van der Waals surface area (Å²) < 4.78 is 4.56. The highest BCUT2D eigenvalue weighted by Crippen LogP contribution is 2.12. The Morgan fingerprint density at radius 2 is 1.65 bits per heavy atom. The Hall–Kier alpha value is -1.57. The molecule has 0 unspecified atom stereocenters. The SMILES string of the molecule is CCCCCCCCc1n(-c2ccccc2)cc[n+]1C. The number of aryl methyl sites for hydroxylation is 1. The molecule has 0 spiro atoms. The third-order valence-electron chi connectivity index (χ3n) is 3.91. The molecule has 0 aliphatic heterocycles. The van der Waals surface area contributed by atoms with Crippen molar-refractivity contribution in [2.75, 3.05) is 0 Å². The summed E-state index contributed by atoms with van der Waals surface area (Å²) in [5.41, 5.74) is 1.26. The van der Waals surface area contributed by atoms with Gasteiger partial charge in [0.1, 0.15) is 18.1 Å². The third-order valence-corrected chi connectivity index (χ3v) is 3.91. The van der Waals surface area contributed by atoms with Crippen molar-refractivity contribution in [2.45, 2.75) is 51.9 Å². The van der Waals surface area contributed by atoms with E-state index < -0.39 is 0 Å². The molecule has 0 radical (unpaired) electrons. The van der Waals surface area contributed by atoms with Crippen molar-refractivity contribution in [1.29, 1.82) is 0 Å². The molecule has 0 aliphatic carbocycles. The Labute approximate surface area is 123 Å². The fourth-order valence-electron chi connectivity index (χ4n) is 2.69. The van der Waals surface area contributed by atoms with Gasteiger partial charge < -0.3 is 0 Å². The van der Waals surface area contributed by atoms with E-state index >= 15 is 0 Å². The largest absolute Gasteiger partial charge is 0.261 e. The average molecular weight is 271 g/mol. The molecule has 2 heteroatoms. The first-order valence-corrected chi connectivity index (χ1v) is 7.94. The van der Waals surface area contributed by atoms with E-state index in [0.29, 0.717) is 0 Å². The Kier molecular flexibility index (Phi) is 5.85. The standard InChI is InChI=1S/C18H27N2/c1-3-4-5-6-7-11-14-18-19(2)15-16-20(18)17-12-9-8-10-13-17/h8-10,12-13,15-16H,3-7,11,14H2,1-2H3/q+1. The van der Waals surface area contributed by atoms with Gasteiger partial charge in [-0.25, -0.2) is 4.57 Å². The monoisotopic (exact) mass is 271 g/mol. The van der Waals surface area contributed by atoms with E-state index in [1.54, 1.807) is 0 Å². The van der Waals surface area contributed by atoms with Crippen LogP contribution in [0.5, 0.6) is 0 Å². The topological polar surface area (TPSA) is 8.81 Å². The minimum Gasteiger partial charge on any atom is -0.237 e. The molecule has 0 bridgehead atoms. The van der Waals surface area contributed by atoms with Gasteiger partial charge in [0.05, 0.1) is 7.05 Å². The van der Waals surface area contributed by atoms with Crippen molar-refractivity contribution < 1.29 is 4.57 Å². The number of nitrogens with zero attached hydrogens (tertiary/aromatic N) is 2. The van der Waals surface area contributed by atoms with Crippen LogP contribution >= 0.6 is 0 Å². The van der Waals surface area contributed by atoms with Gasteiger partial charge >= 0.3 is 0 Å². The normalized spacial score (nSPS) is 10.9. The molecule has 2 rings (SSSR count). The van der Waals surface area contributed by atoms with Crippen molar-refractivity contribution in [3.63, 3.8) is 0 Å². The van der Waals surface area contributed by atoms with E-state index in [1.807, 2.05) is 0 Å². The molecule has 0 saturated carbocycles. The maximum atomic E-state index is 2.31. The first-order valence-electron chi connectivity index (χ1n) is 7.94. The van der Waals surface area contributed by atoms with Crippen LogP contribution in [0.2, 0.25) is 0 Å². The van der Waals surface area contributed by atoms with Gasteiger partial charge in [0, 0.05) is 6.42 Å². The second-order valence-corrected chi connectivity index (χ2v) is 5.55. The molecular weight excluding hydrogens is 244 g/mol. The van der Waals surface area contributed by atoms with Gasteiger partial charge in [-0.2, -0.15) is 4.57 Å². The molecule has 0 fully saturated rings. The van der Waals surface area contributed by atoms with Gasteiger partial charge in [-0.15, -0.1) is 0 Å². The van der Waals surface area contributed by atoms with Crippen LogP contribution in [0.25, 0.3) is 5.69 Å². The lowest BCUT2D eigenvalue weighted by Gasteiger charge is -2.03. The zero-order valence-corrected chi connectivity index (χ0v) is 12.9. The van der Waals surface area contributed by atoms with E-state index in [9.17, 15) is 0 Å². The van der Waals surface area contributed by atoms with E-state index in [4.69, 9.17) is 0 Å². The summed E-state index contributed by atoms with van der Waals surface area (Å²) >= 11 is 0. The van der Waals surface area contributed by atoms with Crippen molar-refractivity contribution in [1.82, 2.24) is 4.57 Å². The highest BCUT2D eigenvalue weighted by Gasteiger charge is 2.15. The van der Waals surface area contributed by atoms with Crippen LogP contribution in [-0.2, 0) is 13.5 Å².